The van der Waals surface area contributed by atoms with Gasteiger partial charge >= 0.3 is 0 Å². The quantitative estimate of drug-likeness (QED) is 0.787. The van der Waals surface area contributed by atoms with Gasteiger partial charge in [-0.3, -0.25) is 4.79 Å². The largest absolute Gasteiger partial charge is 0.493 e. The number of carbonyl (C=O) groups excluding carboxylic acids is 1. The lowest BCUT2D eigenvalue weighted by molar-refractivity contribution is -0.130. The van der Waals surface area contributed by atoms with Crippen molar-refractivity contribution in [3.8, 4) is 11.5 Å². The van der Waals surface area contributed by atoms with E-state index in [1.54, 1.807) is 26.2 Å². The Kier molecular flexibility index (Phi) is 4.82. The number of hydrogen-bond acceptors (Lipinski definition) is 3. The number of benzene rings is 1. The van der Waals surface area contributed by atoms with E-state index in [1.807, 2.05) is 25.1 Å². The summed E-state index contributed by atoms with van der Waals surface area (Å²) in [6.07, 6.45) is 0.518. The van der Waals surface area contributed by atoms with Gasteiger partial charge in [0.25, 0.3) is 0 Å². The maximum absolute atomic E-state index is 11.5. The van der Waals surface area contributed by atoms with Crippen LogP contribution >= 0.6 is 0 Å². The minimum Gasteiger partial charge on any atom is -0.493 e. The lowest BCUT2D eigenvalue weighted by Gasteiger charge is -2.17. The van der Waals surface area contributed by atoms with Gasteiger partial charge in [0.15, 0.2) is 11.5 Å². The van der Waals surface area contributed by atoms with E-state index in [9.17, 15) is 4.79 Å². The molecule has 0 radical (unpaired) electrons. The highest BCUT2D eigenvalue weighted by molar-refractivity contribution is 5.75. The second-order valence-corrected chi connectivity index (χ2v) is 3.79. The monoisotopic (exact) mass is 237 g/mol. The van der Waals surface area contributed by atoms with E-state index < -0.39 is 0 Å². The Balaban J connectivity index is 2.82. The second kappa shape index (κ2) is 6.13. The Hall–Kier alpha value is -1.71. The molecule has 0 bridgehead atoms. The molecule has 0 saturated heterocycles. The van der Waals surface area contributed by atoms with E-state index in [2.05, 4.69) is 0 Å². The number of nitrogens with zero attached hydrogens (tertiary/aromatic N) is 1. The lowest BCUT2D eigenvalue weighted by atomic mass is 10.2. The van der Waals surface area contributed by atoms with Gasteiger partial charge in [0.05, 0.1) is 14.2 Å². The zero-order valence-electron chi connectivity index (χ0n) is 10.8. The Morgan fingerprint density at radius 3 is 2.41 bits per heavy atom. The Bertz CT molecular complexity index is 390. The highest BCUT2D eigenvalue weighted by atomic mass is 16.5. The number of amides is 1. The maximum atomic E-state index is 11.5. The minimum absolute atomic E-state index is 0.125. The van der Waals surface area contributed by atoms with Crippen molar-refractivity contribution < 1.29 is 14.3 Å². The van der Waals surface area contributed by atoms with Gasteiger partial charge in [-0.25, -0.2) is 0 Å². The summed E-state index contributed by atoms with van der Waals surface area (Å²) >= 11 is 0. The third-order valence-corrected chi connectivity index (χ3v) is 2.60. The molecular formula is C13H19NO3. The highest BCUT2D eigenvalue weighted by Crippen LogP contribution is 2.27. The molecule has 1 aromatic carbocycles. The predicted molar refractivity (Wildman–Crippen MR) is 66.3 cm³/mol. The molecule has 0 aliphatic heterocycles. The highest BCUT2D eigenvalue weighted by Gasteiger charge is 2.09. The van der Waals surface area contributed by atoms with E-state index in [0.717, 1.165) is 5.56 Å². The van der Waals surface area contributed by atoms with Crippen molar-refractivity contribution in [3.63, 3.8) is 0 Å². The Morgan fingerprint density at radius 1 is 1.24 bits per heavy atom. The van der Waals surface area contributed by atoms with Crippen molar-refractivity contribution in [2.24, 2.45) is 0 Å². The first-order valence-electron chi connectivity index (χ1n) is 5.57. The number of methoxy groups -OCH3 is 2. The normalized spacial score (nSPS) is 9.88. The third-order valence-electron chi connectivity index (χ3n) is 2.60. The van der Waals surface area contributed by atoms with E-state index in [1.165, 1.54) is 0 Å². The van der Waals surface area contributed by atoms with Crippen molar-refractivity contribution in [2.45, 2.75) is 19.9 Å². The first-order valence-corrected chi connectivity index (χ1v) is 5.57. The summed E-state index contributed by atoms with van der Waals surface area (Å²) in [5.74, 6) is 1.50. The number of carbonyl (C=O) groups is 1. The van der Waals surface area contributed by atoms with Gasteiger partial charge in [-0.15, -0.1) is 0 Å². The lowest BCUT2D eigenvalue weighted by Crippen LogP contribution is -2.25. The summed E-state index contributed by atoms with van der Waals surface area (Å²) < 4.78 is 10.4. The molecule has 1 aromatic rings. The van der Waals surface area contributed by atoms with Gasteiger partial charge in [0.2, 0.25) is 5.91 Å². The molecule has 0 atom stereocenters. The molecule has 0 saturated carbocycles. The molecule has 4 nitrogen and oxygen atoms in total. The molecule has 0 spiro atoms. The van der Waals surface area contributed by atoms with Gasteiger partial charge in [-0.1, -0.05) is 13.0 Å². The van der Waals surface area contributed by atoms with E-state index in [4.69, 9.17) is 9.47 Å². The summed E-state index contributed by atoms with van der Waals surface area (Å²) in [5.41, 5.74) is 1.02. The van der Waals surface area contributed by atoms with E-state index >= 15 is 0 Å². The number of rotatable bonds is 5. The second-order valence-electron chi connectivity index (χ2n) is 3.79. The standard InChI is InChI=1S/C13H19NO3/c1-5-13(15)14(2)9-10-6-7-11(16-3)12(8-10)17-4/h6-8H,5,9H2,1-4H3. The SMILES string of the molecule is CCC(=O)N(C)Cc1ccc(OC)c(OC)c1. The zero-order valence-corrected chi connectivity index (χ0v) is 10.8. The van der Waals surface area contributed by atoms with Crippen LogP contribution in [0.25, 0.3) is 0 Å². The van der Waals surface area contributed by atoms with Gasteiger partial charge in [-0.2, -0.15) is 0 Å². The molecule has 1 amide bonds. The molecule has 0 fully saturated rings. The molecule has 94 valence electrons. The minimum atomic E-state index is 0.125. The van der Waals surface area contributed by atoms with Crippen LogP contribution in [-0.2, 0) is 11.3 Å². The Labute approximate surface area is 102 Å². The van der Waals surface area contributed by atoms with Crippen LogP contribution in [0.5, 0.6) is 11.5 Å². The average Bonchev–Trinajstić information content (AvgIpc) is 2.37. The van der Waals surface area contributed by atoms with Gasteiger partial charge in [0, 0.05) is 20.0 Å². The molecule has 4 heteroatoms. The fraction of sp³-hybridized carbons (Fsp3) is 0.462. The smallest absolute Gasteiger partial charge is 0.222 e. The average molecular weight is 237 g/mol. The van der Waals surface area contributed by atoms with E-state index in [0.29, 0.717) is 24.5 Å². The van der Waals surface area contributed by atoms with Crippen LogP contribution in [0, 0.1) is 0 Å². The van der Waals surface area contributed by atoms with E-state index in [-0.39, 0.29) is 5.91 Å². The molecule has 0 aliphatic rings. The van der Waals surface area contributed by atoms with Crippen molar-refractivity contribution in [3.05, 3.63) is 23.8 Å². The van der Waals surface area contributed by atoms with Gasteiger partial charge in [0.1, 0.15) is 0 Å². The summed E-state index contributed by atoms with van der Waals surface area (Å²) in [4.78, 5) is 13.2. The summed E-state index contributed by atoms with van der Waals surface area (Å²) in [7, 11) is 5.00. The third kappa shape index (κ3) is 3.37. The number of hydrogen-bond donors (Lipinski definition) is 0. The van der Waals surface area contributed by atoms with Crippen LogP contribution in [0.15, 0.2) is 18.2 Å². The maximum Gasteiger partial charge on any atom is 0.222 e. The van der Waals surface area contributed by atoms with Crippen LogP contribution in [0.1, 0.15) is 18.9 Å². The van der Waals surface area contributed by atoms with Crippen LogP contribution < -0.4 is 9.47 Å². The molecule has 0 aromatic heterocycles. The summed E-state index contributed by atoms with van der Waals surface area (Å²) in [6.45, 7) is 2.43. The van der Waals surface area contributed by atoms with Gasteiger partial charge < -0.3 is 14.4 Å². The topological polar surface area (TPSA) is 38.8 Å². The van der Waals surface area contributed by atoms with Gasteiger partial charge in [-0.05, 0) is 17.7 Å². The fourth-order valence-electron chi connectivity index (χ4n) is 1.61. The zero-order chi connectivity index (χ0) is 12.8. The molecule has 1 rings (SSSR count). The van der Waals surface area contributed by atoms with Crippen LogP contribution in [-0.4, -0.2) is 32.1 Å². The van der Waals surface area contributed by atoms with Crippen molar-refractivity contribution in [1.82, 2.24) is 4.90 Å². The molecule has 0 aliphatic carbocycles. The molecule has 0 N–H and O–H groups in total. The molecule has 0 heterocycles. The van der Waals surface area contributed by atoms with Crippen LogP contribution in [0.4, 0.5) is 0 Å². The molecule has 0 unspecified atom stereocenters. The first kappa shape index (κ1) is 13.4. The molecular weight excluding hydrogens is 218 g/mol. The predicted octanol–water partition coefficient (Wildman–Crippen LogP) is 2.07. The summed E-state index contributed by atoms with van der Waals surface area (Å²) in [6, 6.07) is 5.66. The van der Waals surface area contributed by atoms with Crippen molar-refractivity contribution >= 4 is 5.91 Å². The summed E-state index contributed by atoms with van der Waals surface area (Å²) in [5, 5.41) is 0. The van der Waals surface area contributed by atoms with Crippen LogP contribution in [0.3, 0.4) is 0 Å². The molecule has 17 heavy (non-hydrogen) atoms. The fourth-order valence-corrected chi connectivity index (χ4v) is 1.61. The Morgan fingerprint density at radius 2 is 1.88 bits per heavy atom. The first-order chi connectivity index (χ1) is 8.12. The van der Waals surface area contributed by atoms with Crippen LogP contribution in [0.2, 0.25) is 0 Å². The number of ether oxygens (including phenoxy) is 2. The van der Waals surface area contributed by atoms with Crippen molar-refractivity contribution in [2.75, 3.05) is 21.3 Å². The van der Waals surface area contributed by atoms with Crippen molar-refractivity contribution in [1.29, 1.82) is 0 Å².